The number of benzene rings is 1. The van der Waals surface area contributed by atoms with E-state index in [1.165, 1.54) is 18.2 Å². The van der Waals surface area contributed by atoms with Crippen molar-refractivity contribution in [3.63, 3.8) is 0 Å². The van der Waals surface area contributed by atoms with Gasteiger partial charge in [0.05, 0.1) is 17.4 Å². The fourth-order valence-corrected chi connectivity index (χ4v) is 4.06. The number of rotatable bonds is 5. The SMILES string of the molecule is C[C@@H]1C[C@H](C)CN(c2cc(SCC(=O)Nc3ccc(C#N)cc3)ncn2)C1. The minimum absolute atomic E-state index is 0.106. The molecule has 0 spiro atoms. The van der Waals surface area contributed by atoms with Gasteiger partial charge < -0.3 is 10.2 Å². The van der Waals surface area contributed by atoms with Crippen molar-refractivity contribution in [2.75, 3.05) is 29.1 Å². The molecule has 1 fully saturated rings. The summed E-state index contributed by atoms with van der Waals surface area (Å²) < 4.78 is 0. The van der Waals surface area contributed by atoms with Crippen LogP contribution in [0, 0.1) is 23.2 Å². The summed E-state index contributed by atoms with van der Waals surface area (Å²) in [6, 6.07) is 10.8. The highest BCUT2D eigenvalue weighted by molar-refractivity contribution is 7.99. The minimum atomic E-state index is -0.106. The Labute approximate surface area is 164 Å². The first kappa shape index (κ1) is 19.2. The van der Waals surface area contributed by atoms with E-state index in [9.17, 15) is 4.79 Å². The van der Waals surface area contributed by atoms with E-state index in [1.807, 2.05) is 6.07 Å². The third-order valence-electron chi connectivity index (χ3n) is 4.47. The van der Waals surface area contributed by atoms with Gasteiger partial charge in [0.1, 0.15) is 17.2 Å². The van der Waals surface area contributed by atoms with E-state index in [-0.39, 0.29) is 11.7 Å². The van der Waals surface area contributed by atoms with Crippen molar-refractivity contribution in [3.8, 4) is 6.07 Å². The number of hydrogen-bond acceptors (Lipinski definition) is 6. The molecule has 1 aromatic heterocycles. The third kappa shape index (κ3) is 5.44. The number of nitrogens with zero attached hydrogens (tertiary/aromatic N) is 4. The molecule has 1 N–H and O–H groups in total. The molecule has 2 heterocycles. The van der Waals surface area contributed by atoms with Crippen molar-refractivity contribution < 1.29 is 4.79 Å². The molecule has 0 saturated carbocycles. The Bertz CT molecular complexity index is 823. The highest BCUT2D eigenvalue weighted by Gasteiger charge is 2.23. The molecule has 2 atom stereocenters. The molecule has 140 valence electrons. The lowest BCUT2D eigenvalue weighted by Gasteiger charge is -2.35. The third-order valence-corrected chi connectivity index (χ3v) is 5.39. The molecule has 7 heteroatoms. The molecule has 1 amide bonds. The van der Waals surface area contributed by atoms with E-state index >= 15 is 0 Å². The molecule has 0 unspecified atom stereocenters. The van der Waals surface area contributed by atoms with E-state index in [1.54, 1.807) is 30.6 Å². The van der Waals surface area contributed by atoms with Gasteiger partial charge >= 0.3 is 0 Å². The van der Waals surface area contributed by atoms with Gasteiger partial charge in [0, 0.05) is 24.8 Å². The molecule has 2 aromatic rings. The smallest absolute Gasteiger partial charge is 0.234 e. The number of nitriles is 1. The fraction of sp³-hybridized carbons (Fsp3) is 0.400. The van der Waals surface area contributed by atoms with Crippen LogP contribution in [0.2, 0.25) is 0 Å². The average Bonchev–Trinajstić information content (AvgIpc) is 2.66. The molecule has 0 aliphatic carbocycles. The van der Waals surface area contributed by atoms with Crippen molar-refractivity contribution in [2.24, 2.45) is 11.8 Å². The van der Waals surface area contributed by atoms with Gasteiger partial charge in [0.25, 0.3) is 0 Å². The number of aromatic nitrogens is 2. The van der Waals surface area contributed by atoms with Crippen molar-refractivity contribution in [2.45, 2.75) is 25.3 Å². The molecule has 3 rings (SSSR count). The van der Waals surface area contributed by atoms with E-state index in [0.717, 1.165) is 23.9 Å². The second-order valence-electron chi connectivity index (χ2n) is 7.09. The number of piperidine rings is 1. The zero-order valence-corrected chi connectivity index (χ0v) is 16.4. The summed E-state index contributed by atoms with van der Waals surface area (Å²) in [4.78, 5) is 23.2. The van der Waals surface area contributed by atoms with Crippen molar-refractivity contribution >= 4 is 29.2 Å². The zero-order valence-electron chi connectivity index (χ0n) is 15.6. The van der Waals surface area contributed by atoms with Crippen molar-refractivity contribution in [3.05, 3.63) is 42.2 Å². The van der Waals surface area contributed by atoms with Crippen LogP contribution in [0.25, 0.3) is 0 Å². The van der Waals surface area contributed by atoms with Gasteiger partial charge in [0.15, 0.2) is 0 Å². The molecule has 6 nitrogen and oxygen atoms in total. The van der Waals surface area contributed by atoms with Crippen LogP contribution in [0.15, 0.2) is 41.7 Å². The Morgan fingerprint density at radius 2 is 1.96 bits per heavy atom. The monoisotopic (exact) mass is 381 g/mol. The topological polar surface area (TPSA) is 81.9 Å². The summed E-state index contributed by atoms with van der Waals surface area (Å²) in [6.07, 6.45) is 2.82. The highest BCUT2D eigenvalue weighted by atomic mass is 32.2. The second-order valence-corrected chi connectivity index (χ2v) is 8.09. The maximum atomic E-state index is 12.2. The van der Waals surface area contributed by atoms with E-state index < -0.39 is 0 Å². The van der Waals surface area contributed by atoms with Gasteiger partial charge in [-0.05, 0) is 42.5 Å². The predicted molar refractivity (Wildman–Crippen MR) is 108 cm³/mol. The van der Waals surface area contributed by atoms with Gasteiger partial charge in [-0.15, -0.1) is 0 Å². The summed E-state index contributed by atoms with van der Waals surface area (Å²) in [5, 5.41) is 12.4. The summed E-state index contributed by atoms with van der Waals surface area (Å²) in [5.74, 6) is 2.39. The Balaban J connectivity index is 1.56. The molecule has 1 aromatic carbocycles. The summed E-state index contributed by atoms with van der Waals surface area (Å²) in [7, 11) is 0. The summed E-state index contributed by atoms with van der Waals surface area (Å²) in [5.41, 5.74) is 1.25. The van der Waals surface area contributed by atoms with E-state index in [4.69, 9.17) is 5.26 Å². The predicted octanol–water partition coefficient (Wildman–Crippen LogP) is 3.56. The minimum Gasteiger partial charge on any atom is -0.356 e. The molecule has 0 bridgehead atoms. The average molecular weight is 382 g/mol. The van der Waals surface area contributed by atoms with Gasteiger partial charge in [-0.25, -0.2) is 9.97 Å². The quantitative estimate of drug-likeness (QED) is 0.630. The summed E-state index contributed by atoms with van der Waals surface area (Å²) >= 11 is 1.39. The van der Waals surface area contributed by atoms with Crippen molar-refractivity contribution in [1.29, 1.82) is 5.26 Å². The van der Waals surface area contributed by atoms with Crippen molar-refractivity contribution in [1.82, 2.24) is 9.97 Å². The number of thioether (sulfide) groups is 1. The Morgan fingerprint density at radius 3 is 2.63 bits per heavy atom. The molecule has 27 heavy (non-hydrogen) atoms. The van der Waals surface area contributed by atoms with Crippen LogP contribution < -0.4 is 10.2 Å². The highest BCUT2D eigenvalue weighted by Crippen LogP contribution is 2.27. The van der Waals surface area contributed by atoms with Gasteiger partial charge in [-0.1, -0.05) is 25.6 Å². The fourth-order valence-electron chi connectivity index (χ4n) is 3.40. The van der Waals surface area contributed by atoms with Gasteiger partial charge in [0.2, 0.25) is 5.91 Å². The molecular weight excluding hydrogens is 358 g/mol. The molecule has 1 aliphatic heterocycles. The van der Waals surface area contributed by atoms with Crippen LogP contribution in [-0.2, 0) is 4.79 Å². The number of anilines is 2. The first-order chi connectivity index (χ1) is 13.0. The lowest BCUT2D eigenvalue weighted by molar-refractivity contribution is -0.113. The first-order valence-electron chi connectivity index (χ1n) is 9.03. The van der Waals surface area contributed by atoms with E-state index in [0.29, 0.717) is 23.1 Å². The maximum Gasteiger partial charge on any atom is 0.234 e. The lowest BCUT2D eigenvalue weighted by atomic mass is 9.92. The second kappa shape index (κ2) is 8.87. The Hall–Kier alpha value is -2.59. The van der Waals surface area contributed by atoms with Crippen LogP contribution in [0.5, 0.6) is 0 Å². The molecule has 0 radical (unpaired) electrons. The van der Waals surface area contributed by atoms with Crippen LogP contribution >= 0.6 is 11.8 Å². The van der Waals surface area contributed by atoms with Crippen LogP contribution in [0.4, 0.5) is 11.5 Å². The van der Waals surface area contributed by atoms with Crippen LogP contribution in [0.3, 0.4) is 0 Å². The Morgan fingerprint density at radius 1 is 1.26 bits per heavy atom. The lowest BCUT2D eigenvalue weighted by Crippen LogP contribution is -2.39. The number of amides is 1. The van der Waals surface area contributed by atoms with Gasteiger partial charge in [-0.2, -0.15) is 5.26 Å². The molecule has 1 aliphatic rings. The van der Waals surface area contributed by atoms with E-state index in [2.05, 4.69) is 40.1 Å². The molecular formula is C20H23N5OS. The standard InChI is InChI=1S/C20H23N5OS/c1-14-7-15(2)11-25(10-14)18-8-20(23-13-22-18)27-12-19(26)24-17-5-3-16(9-21)4-6-17/h3-6,8,13-15H,7,10-12H2,1-2H3,(H,24,26)/t14-,15+. The summed E-state index contributed by atoms with van der Waals surface area (Å²) in [6.45, 7) is 6.55. The van der Waals surface area contributed by atoms with Crippen LogP contribution in [0.1, 0.15) is 25.8 Å². The van der Waals surface area contributed by atoms with Gasteiger partial charge in [-0.3, -0.25) is 4.79 Å². The number of carbonyl (C=O) groups excluding carboxylic acids is 1. The zero-order chi connectivity index (χ0) is 19.2. The largest absolute Gasteiger partial charge is 0.356 e. The number of hydrogen-bond donors (Lipinski definition) is 1. The Kier molecular flexibility index (Phi) is 6.30. The maximum absolute atomic E-state index is 12.2. The first-order valence-corrected chi connectivity index (χ1v) is 10.0. The number of nitrogens with one attached hydrogen (secondary N) is 1. The number of carbonyl (C=O) groups is 1. The van der Waals surface area contributed by atoms with Crippen LogP contribution in [-0.4, -0.2) is 34.7 Å². The molecule has 1 saturated heterocycles. The normalized spacial score (nSPS) is 19.4.